The fraction of sp³-hybridized carbons (Fsp3) is 0.385. The van der Waals surface area contributed by atoms with Crippen LogP contribution in [0.5, 0.6) is 0 Å². The molecule has 1 fully saturated rings. The SMILES string of the molecule is Cc1cnccc1-c1nc(N2CC(NC(=O)C(C)C)C2)cnc1-c1ccc(C(C)C)cc1. The Bertz CT molecular complexity index is 1100. The van der Waals surface area contributed by atoms with Crippen molar-refractivity contribution in [2.75, 3.05) is 18.0 Å². The first kappa shape index (κ1) is 21.9. The van der Waals surface area contributed by atoms with E-state index in [4.69, 9.17) is 9.97 Å². The number of anilines is 1. The minimum absolute atomic E-state index is 0.00789. The molecule has 6 nitrogen and oxygen atoms in total. The average Bonchev–Trinajstić information content (AvgIpc) is 2.76. The van der Waals surface area contributed by atoms with Crippen LogP contribution in [-0.2, 0) is 4.79 Å². The zero-order valence-corrected chi connectivity index (χ0v) is 19.5. The number of carbonyl (C=O) groups is 1. The monoisotopic (exact) mass is 429 g/mol. The van der Waals surface area contributed by atoms with E-state index in [1.54, 1.807) is 6.20 Å². The van der Waals surface area contributed by atoms with Gasteiger partial charge in [-0.15, -0.1) is 0 Å². The fourth-order valence-electron chi connectivity index (χ4n) is 3.82. The number of hydrogen-bond donors (Lipinski definition) is 1. The number of nitrogens with zero attached hydrogens (tertiary/aromatic N) is 4. The molecule has 1 aliphatic heterocycles. The number of aryl methyl sites for hydroxylation is 1. The standard InChI is InChI=1S/C26H31N5O/c1-16(2)19-6-8-20(9-7-19)24-25(22-10-11-27-12-18(22)5)30-23(13-28-24)31-14-21(15-31)29-26(32)17(3)4/h6-13,16-17,21H,14-15H2,1-5H3,(H,29,32). The van der Waals surface area contributed by atoms with Gasteiger partial charge in [-0.2, -0.15) is 0 Å². The summed E-state index contributed by atoms with van der Waals surface area (Å²) < 4.78 is 0. The normalized spacial score (nSPS) is 14.0. The highest BCUT2D eigenvalue weighted by Gasteiger charge is 2.30. The van der Waals surface area contributed by atoms with Crippen molar-refractivity contribution in [3.05, 3.63) is 60.0 Å². The van der Waals surface area contributed by atoms with Crippen LogP contribution in [0.25, 0.3) is 22.5 Å². The van der Waals surface area contributed by atoms with Crippen molar-refractivity contribution in [2.45, 2.75) is 46.6 Å². The molecule has 4 rings (SSSR count). The van der Waals surface area contributed by atoms with Gasteiger partial charge in [0.1, 0.15) is 5.82 Å². The minimum Gasteiger partial charge on any atom is -0.351 e. The van der Waals surface area contributed by atoms with Gasteiger partial charge in [-0.25, -0.2) is 4.98 Å². The van der Waals surface area contributed by atoms with Crippen LogP contribution in [-0.4, -0.2) is 40.0 Å². The summed E-state index contributed by atoms with van der Waals surface area (Å²) in [6.45, 7) is 11.7. The van der Waals surface area contributed by atoms with E-state index in [1.807, 2.05) is 39.2 Å². The summed E-state index contributed by atoms with van der Waals surface area (Å²) in [4.78, 5) is 28.2. The number of aromatic nitrogens is 3. The molecule has 32 heavy (non-hydrogen) atoms. The maximum Gasteiger partial charge on any atom is 0.222 e. The van der Waals surface area contributed by atoms with Gasteiger partial charge < -0.3 is 10.2 Å². The summed E-state index contributed by atoms with van der Waals surface area (Å²) in [6, 6.07) is 10.7. The van der Waals surface area contributed by atoms with E-state index in [0.717, 1.165) is 47.0 Å². The van der Waals surface area contributed by atoms with E-state index in [-0.39, 0.29) is 17.9 Å². The first-order valence-corrected chi connectivity index (χ1v) is 11.3. The number of nitrogens with one attached hydrogen (secondary N) is 1. The van der Waals surface area contributed by atoms with Gasteiger partial charge >= 0.3 is 0 Å². The summed E-state index contributed by atoms with van der Waals surface area (Å²) in [6.07, 6.45) is 5.49. The highest BCUT2D eigenvalue weighted by atomic mass is 16.1. The molecule has 0 radical (unpaired) electrons. The molecule has 0 atom stereocenters. The Morgan fingerprint density at radius 1 is 1.03 bits per heavy atom. The van der Waals surface area contributed by atoms with Crippen LogP contribution in [0.2, 0.25) is 0 Å². The van der Waals surface area contributed by atoms with Crippen LogP contribution in [0, 0.1) is 12.8 Å². The maximum atomic E-state index is 12.0. The van der Waals surface area contributed by atoms with Crippen molar-refractivity contribution in [3.8, 4) is 22.5 Å². The van der Waals surface area contributed by atoms with Crippen molar-refractivity contribution in [1.29, 1.82) is 0 Å². The molecular weight excluding hydrogens is 398 g/mol. The maximum absolute atomic E-state index is 12.0. The molecule has 1 saturated heterocycles. The summed E-state index contributed by atoms with van der Waals surface area (Å²) in [5, 5.41) is 3.09. The van der Waals surface area contributed by atoms with Gasteiger partial charge in [-0.05, 0) is 30.0 Å². The van der Waals surface area contributed by atoms with Gasteiger partial charge in [0.15, 0.2) is 0 Å². The van der Waals surface area contributed by atoms with Crippen LogP contribution < -0.4 is 10.2 Å². The Balaban J connectivity index is 1.65. The van der Waals surface area contributed by atoms with E-state index in [0.29, 0.717) is 5.92 Å². The molecule has 0 bridgehead atoms. The Morgan fingerprint density at radius 2 is 1.75 bits per heavy atom. The summed E-state index contributed by atoms with van der Waals surface area (Å²) in [5.41, 5.74) is 6.16. The number of hydrogen-bond acceptors (Lipinski definition) is 5. The zero-order chi connectivity index (χ0) is 22.8. The predicted octanol–water partition coefficient (Wildman–Crippen LogP) is 4.60. The molecular formula is C26H31N5O. The second-order valence-corrected chi connectivity index (χ2v) is 9.16. The first-order valence-electron chi connectivity index (χ1n) is 11.3. The zero-order valence-electron chi connectivity index (χ0n) is 19.5. The Hall–Kier alpha value is -3.28. The van der Waals surface area contributed by atoms with Gasteiger partial charge in [-0.3, -0.25) is 14.8 Å². The molecule has 166 valence electrons. The molecule has 2 aromatic heterocycles. The van der Waals surface area contributed by atoms with Gasteiger partial charge in [0.25, 0.3) is 0 Å². The third kappa shape index (κ3) is 4.49. The predicted molar refractivity (Wildman–Crippen MR) is 129 cm³/mol. The second-order valence-electron chi connectivity index (χ2n) is 9.16. The molecule has 0 aliphatic carbocycles. The van der Waals surface area contributed by atoms with E-state index < -0.39 is 0 Å². The molecule has 1 aliphatic rings. The van der Waals surface area contributed by atoms with Crippen molar-refractivity contribution < 1.29 is 4.79 Å². The lowest BCUT2D eigenvalue weighted by Gasteiger charge is -2.40. The quantitative estimate of drug-likeness (QED) is 0.620. The average molecular weight is 430 g/mol. The Morgan fingerprint density at radius 3 is 2.38 bits per heavy atom. The first-order chi connectivity index (χ1) is 15.3. The summed E-state index contributed by atoms with van der Waals surface area (Å²) in [7, 11) is 0. The Labute approximate surface area is 190 Å². The van der Waals surface area contributed by atoms with Crippen LogP contribution in [0.4, 0.5) is 5.82 Å². The van der Waals surface area contributed by atoms with E-state index in [2.05, 4.69) is 53.3 Å². The highest BCUT2D eigenvalue weighted by molar-refractivity contribution is 5.81. The summed E-state index contributed by atoms with van der Waals surface area (Å²) >= 11 is 0. The largest absolute Gasteiger partial charge is 0.351 e. The van der Waals surface area contributed by atoms with E-state index in [9.17, 15) is 4.79 Å². The van der Waals surface area contributed by atoms with Gasteiger partial charge in [-0.1, -0.05) is 52.0 Å². The molecule has 0 spiro atoms. The van der Waals surface area contributed by atoms with E-state index >= 15 is 0 Å². The van der Waals surface area contributed by atoms with Gasteiger partial charge in [0.2, 0.25) is 5.91 Å². The molecule has 1 amide bonds. The van der Waals surface area contributed by atoms with Crippen molar-refractivity contribution >= 4 is 11.7 Å². The molecule has 3 aromatic rings. The highest BCUT2D eigenvalue weighted by Crippen LogP contribution is 2.33. The summed E-state index contributed by atoms with van der Waals surface area (Å²) in [5.74, 6) is 1.39. The topological polar surface area (TPSA) is 71.0 Å². The number of rotatable bonds is 6. The molecule has 6 heteroatoms. The smallest absolute Gasteiger partial charge is 0.222 e. The lowest BCUT2D eigenvalue weighted by atomic mass is 9.98. The van der Waals surface area contributed by atoms with Crippen LogP contribution in [0.1, 0.15) is 44.7 Å². The third-order valence-corrected chi connectivity index (χ3v) is 5.96. The van der Waals surface area contributed by atoms with E-state index in [1.165, 1.54) is 5.56 Å². The molecule has 1 aromatic carbocycles. The third-order valence-electron chi connectivity index (χ3n) is 5.96. The number of amides is 1. The van der Waals surface area contributed by atoms with Gasteiger partial charge in [0.05, 0.1) is 23.6 Å². The minimum atomic E-state index is -0.00789. The Kier molecular flexibility index (Phi) is 6.21. The lowest BCUT2D eigenvalue weighted by molar-refractivity contribution is -0.124. The van der Waals surface area contributed by atoms with Crippen LogP contribution in [0.3, 0.4) is 0 Å². The number of carbonyl (C=O) groups excluding carboxylic acids is 1. The fourth-order valence-corrected chi connectivity index (χ4v) is 3.82. The van der Waals surface area contributed by atoms with Crippen molar-refractivity contribution in [3.63, 3.8) is 0 Å². The lowest BCUT2D eigenvalue weighted by Crippen LogP contribution is -2.60. The van der Waals surface area contributed by atoms with Crippen molar-refractivity contribution in [2.24, 2.45) is 5.92 Å². The number of pyridine rings is 1. The second kappa shape index (κ2) is 9.07. The molecule has 3 heterocycles. The molecule has 0 saturated carbocycles. The van der Waals surface area contributed by atoms with Crippen LogP contribution >= 0.6 is 0 Å². The van der Waals surface area contributed by atoms with Crippen molar-refractivity contribution in [1.82, 2.24) is 20.3 Å². The van der Waals surface area contributed by atoms with Gasteiger partial charge in [0, 0.05) is 42.5 Å². The molecule has 1 N–H and O–H groups in total. The number of benzene rings is 1. The van der Waals surface area contributed by atoms with Crippen LogP contribution in [0.15, 0.2) is 48.9 Å². The molecule has 0 unspecified atom stereocenters.